The maximum absolute atomic E-state index is 13.5. The molecule has 1 aliphatic rings. The lowest BCUT2D eigenvalue weighted by Crippen LogP contribution is -2.28. The van der Waals surface area contributed by atoms with Crippen LogP contribution < -0.4 is 10.1 Å². The van der Waals surface area contributed by atoms with E-state index in [1.54, 1.807) is 66.4 Å². The van der Waals surface area contributed by atoms with Crippen molar-refractivity contribution in [2.75, 3.05) is 19.0 Å². The van der Waals surface area contributed by atoms with Crippen LogP contribution in [0, 0.1) is 0 Å². The highest BCUT2D eigenvalue weighted by molar-refractivity contribution is 6.30. The van der Waals surface area contributed by atoms with Gasteiger partial charge in [-0.3, -0.25) is 9.59 Å². The molecular formula is C30H27ClN2O5. The van der Waals surface area contributed by atoms with Crippen LogP contribution in [-0.2, 0) is 19.1 Å². The molecule has 1 aliphatic heterocycles. The van der Waals surface area contributed by atoms with Gasteiger partial charge in [0.05, 0.1) is 24.3 Å². The van der Waals surface area contributed by atoms with Gasteiger partial charge in [-0.15, -0.1) is 0 Å². The highest BCUT2D eigenvalue weighted by atomic mass is 35.5. The van der Waals surface area contributed by atoms with Gasteiger partial charge in [0.1, 0.15) is 5.75 Å². The monoisotopic (exact) mass is 530 g/mol. The average molecular weight is 531 g/mol. The summed E-state index contributed by atoms with van der Waals surface area (Å²) in [6, 6.07) is 23.1. The quantitative estimate of drug-likeness (QED) is 0.294. The summed E-state index contributed by atoms with van der Waals surface area (Å²) in [5.74, 6) is -0.704. The maximum atomic E-state index is 13.5. The smallest absolute Gasteiger partial charge is 0.340 e. The fraction of sp³-hybridized carbons (Fsp3) is 0.167. The summed E-state index contributed by atoms with van der Waals surface area (Å²) in [7, 11) is 1.29. The van der Waals surface area contributed by atoms with E-state index in [2.05, 4.69) is 5.32 Å². The van der Waals surface area contributed by atoms with E-state index < -0.39 is 5.97 Å². The minimum atomic E-state index is -0.574. The molecule has 0 unspecified atom stereocenters. The molecule has 38 heavy (non-hydrogen) atoms. The zero-order valence-corrected chi connectivity index (χ0v) is 22.0. The minimum Gasteiger partial charge on any atom is -0.484 e. The van der Waals surface area contributed by atoms with E-state index in [0.29, 0.717) is 27.7 Å². The third-order valence-electron chi connectivity index (χ3n) is 6.17. The number of rotatable bonds is 8. The maximum Gasteiger partial charge on any atom is 0.340 e. The molecule has 0 spiro atoms. The van der Waals surface area contributed by atoms with Crippen LogP contribution in [0.4, 0.5) is 5.69 Å². The van der Waals surface area contributed by atoms with Gasteiger partial charge in [0.15, 0.2) is 6.61 Å². The Morgan fingerprint density at radius 3 is 2.39 bits per heavy atom. The van der Waals surface area contributed by atoms with Crippen LogP contribution in [0.3, 0.4) is 0 Å². The lowest BCUT2D eigenvalue weighted by molar-refractivity contribution is -0.136. The topological polar surface area (TPSA) is 84.9 Å². The molecule has 194 valence electrons. The molecule has 0 radical (unpaired) electrons. The summed E-state index contributed by atoms with van der Waals surface area (Å²) in [5, 5.41) is 3.24. The van der Waals surface area contributed by atoms with Gasteiger partial charge in [0, 0.05) is 16.4 Å². The Hall–Kier alpha value is -4.36. The molecule has 1 heterocycles. The van der Waals surface area contributed by atoms with E-state index in [1.165, 1.54) is 7.11 Å². The molecule has 0 aliphatic carbocycles. The molecule has 3 aromatic rings. The summed E-state index contributed by atoms with van der Waals surface area (Å²) in [4.78, 5) is 40.0. The SMILES string of the molecule is COC(=O)C1=C(C)N([C@H](C)c2ccccc2)C(=O)/C1=C\c1ccc(OCC(=O)Nc2cccc(Cl)c2)cc1. The van der Waals surface area contributed by atoms with Gasteiger partial charge in [-0.2, -0.15) is 0 Å². The summed E-state index contributed by atoms with van der Waals surface area (Å²) < 4.78 is 10.6. The second-order valence-electron chi connectivity index (χ2n) is 8.69. The molecule has 0 aromatic heterocycles. The van der Waals surface area contributed by atoms with Gasteiger partial charge in [0.2, 0.25) is 0 Å². The Balaban J connectivity index is 1.50. The molecule has 1 N–H and O–H groups in total. The molecule has 7 nitrogen and oxygen atoms in total. The Morgan fingerprint density at radius 2 is 1.74 bits per heavy atom. The predicted molar refractivity (Wildman–Crippen MR) is 146 cm³/mol. The number of allylic oxidation sites excluding steroid dienone is 1. The number of nitrogens with zero attached hydrogens (tertiary/aromatic N) is 1. The molecule has 0 fully saturated rings. The lowest BCUT2D eigenvalue weighted by atomic mass is 10.0. The van der Waals surface area contributed by atoms with Gasteiger partial charge in [0.25, 0.3) is 11.8 Å². The number of carbonyl (C=O) groups is 3. The van der Waals surface area contributed by atoms with Crippen molar-refractivity contribution in [1.82, 2.24) is 4.90 Å². The van der Waals surface area contributed by atoms with E-state index in [1.807, 2.05) is 37.3 Å². The predicted octanol–water partition coefficient (Wildman–Crippen LogP) is 5.79. The summed E-state index contributed by atoms with van der Waals surface area (Å²) in [6.07, 6.45) is 1.66. The largest absolute Gasteiger partial charge is 0.484 e. The Bertz CT molecular complexity index is 1410. The van der Waals surface area contributed by atoms with E-state index in [9.17, 15) is 14.4 Å². The van der Waals surface area contributed by atoms with Gasteiger partial charge < -0.3 is 19.7 Å². The number of amides is 2. The van der Waals surface area contributed by atoms with E-state index >= 15 is 0 Å². The van der Waals surface area contributed by atoms with Crippen LogP contribution in [0.1, 0.15) is 31.0 Å². The first-order valence-electron chi connectivity index (χ1n) is 12.0. The van der Waals surface area contributed by atoms with Crippen molar-refractivity contribution >= 4 is 41.1 Å². The number of anilines is 1. The van der Waals surface area contributed by atoms with Crippen LogP contribution >= 0.6 is 11.6 Å². The van der Waals surface area contributed by atoms with Crippen molar-refractivity contribution in [1.29, 1.82) is 0 Å². The van der Waals surface area contributed by atoms with Crippen LogP contribution in [0.2, 0.25) is 5.02 Å². The Labute approximate surface area is 226 Å². The fourth-order valence-electron chi connectivity index (χ4n) is 4.28. The van der Waals surface area contributed by atoms with E-state index in [-0.39, 0.29) is 35.6 Å². The Morgan fingerprint density at radius 1 is 1.03 bits per heavy atom. The summed E-state index contributed by atoms with van der Waals surface area (Å²) >= 11 is 5.94. The second kappa shape index (κ2) is 11.8. The number of methoxy groups -OCH3 is 1. The van der Waals surface area contributed by atoms with Crippen LogP contribution in [0.15, 0.2) is 95.7 Å². The van der Waals surface area contributed by atoms with Gasteiger partial charge in [-0.25, -0.2) is 4.79 Å². The van der Waals surface area contributed by atoms with Crippen molar-refractivity contribution in [2.45, 2.75) is 19.9 Å². The number of hydrogen-bond donors (Lipinski definition) is 1. The Kier molecular flexibility index (Phi) is 8.28. The normalized spacial score (nSPS) is 15.0. The zero-order valence-electron chi connectivity index (χ0n) is 21.2. The molecule has 2 amide bonds. The van der Waals surface area contributed by atoms with E-state index in [0.717, 1.165) is 5.56 Å². The first-order valence-corrected chi connectivity index (χ1v) is 12.3. The molecule has 0 bridgehead atoms. The van der Waals surface area contributed by atoms with Gasteiger partial charge in [-0.1, -0.05) is 60.1 Å². The van der Waals surface area contributed by atoms with Gasteiger partial charge >= 0.3 is 5.97 Å². The third kappa shape index (κ3) is 5.95. The van der Waals surface area contributed by atoms with Crippen molar-refractivity contribution in [3.05, 3.63) is 112 Å². The number of benzene rings is 3. The first-order chi connectivity index (χ1) is 18.3. The lowest BCUT2D eigenvalue weighted by Gasteiger charge is -2.26. The van der Waals surface area contributed by atoms with Crippen molar-refractivity contribution in [2.24, 2.45) is 0 Å². The first kappa shape index (κ1) is 26.7. The number of halogens is 1. The molecule has 0 saturated carbocycles. The summed E-state index contributed by atoms with van der Waals surface area (Å²) in [5.41, 5.74) is 3.24. The minimum absolute atomic E-state index is 0.188. The zero-order chi connectivity index (χ0) is 27.2. The number of ether oxygens (including phenoxy) is 2. The molecule has 0 saturated heterocycles. The van der Waals surface area contributed by atoms with Crippen LogP contribution in [0.5, 0.6) is 5.75 Å². The molecule has 3 aromatic carbocycles. The number of esters is 1. The molecule has 1 atom stereocenters. The van der Waals surface area contributed by atoms with Gasteiger partial charge in [-0.05, 0) is 61.4 Å². The van der Waals surface area contributed by atoms with Crippen molar-refractivity contribution in [3.63, 3.8) is 0 Å². The number of nitrogens with one attached hydrogen (secondary N) is 1. The van der Waals surface area contributed by atoms with Crippen molar-refractivity contribution in [3.8, 4) is 5.75 Å². The summed E-state index contributed by atoms with van der Waals surface area (Å²) in [6.45, 7) is 3.48. The van der Waals surface area contributed by atoms with E-state index in [4.69, 9.17) is 21.1 Å². The van der Waals surface area contributed by atoms with Crippen LogP contribution in [-0.4, -0.2) is 36.4 Å². The highest BCUT2D eigenvalue weighted by Crippen LogP contribution is 2.37. The number of carbonyl (C=O) groups excluding carboxylic acids is 3. The van der Waals surface area contributed by atoms with Crippen LogP contribution in [0.25, 0.3) is 6.08 Å². The molecule has 8 heteroatoms. The second-order valence-corrected chi connectivity index (χ2v) is 9.12. The third-order valence-corrected chi connectivity index (χ3v) is 6.41. The average Bonchev–Trinajstić information content (AvgIpc) is 3.16. The van der Waals surface area contributed by atoms with Crippen molar-refractivity contribution < 1.29 is 23.9 Å². The molecule has 4 rings (SSSR count). The fourth-order valence-corrected chi connectivity index (χ4v) is 4.47. The number of hydrogen-bond acceptors (Lipinski definition) is 5. The highest BCUT2D eigenvalue weighted by Gasteiger charge is 2.39. The molecular weight excluding hydrogens is 504 g/mol. The standard InChI is InChI=1S/C30H27ClN2O5/c1-19(22-8-5-4-6-9-22)33-20(2)28(30(36)37-3)26(29(33)35)16-21-12-14-25(15-13-21)38-18-27(34)32-24-11-7-10-23(31)17-24/h4-17,19H,18H2,1-3H3,(H,32,34)/b26-16-/t19-/m1/s1.